The Morgan fingerprint density at radius 2 is 0.574 bits per heavy atom. The van der Waals surface area contributed by atoms with Crippen LogP contribution < -0.4 is 0 Å². The second-order valence-corrected chi connectivity index (χ2v) is 14.6. The molecular formula is C54H38. The summed E-state index contributed by atoms with van der Waals surface area (Å²) in [5.41, 5.74) is 14.9. The van der Waals surface area contributed by atoms with Crippen molar-refractivity contribution in [2.24, 2.45) is 0 Å². The predicted octanol–water partition coefficient (Wildman–Crippen LogP) is 15.3. The molecule has 54 heavy (non-hydrogen) atoms. The highest BCUT2D eigenvalue weighted by atomic mass is 14.3. The molecule has 0 fully saturated rings. The van der Waals surface area contributed by atoms with Crippen molar-refractivity contribution in [3.8, 4) is 55.6 Å². The average Bonchev–Trinajstić information content (AvgIpc) is 3.22. The van der Waals surface area contributed by atoms with Gasteiger partial charge in [0.25, 0.3) is 0 Å². The van der Waals surface area contributed by atoms with Crippen LogP contribution in [0.5, 0.6) is 0 Å². The maximum atomic E-state index is 2.52. The van der Waals surface area contributed by atoms with Gasteiger partial charge in [-0.05, 0) is 131 Å². The molecule has 10 aromatic carbocycles. The highest BCUT2D eigenvalue weighted by Crippen LogP contribution is 2.50. The van der Waals surface area contributed by atoms with Gasteiger partial charge in [0.15, 0.2) is 0 Å². The Morgan fingerprint density at radius 3 is 1.13 bits per heavy atom. The Labute approximate surface area is 316 Å². The zero-order valence-electron chi connectivity index (χ0n) is 30.5. The summed E-state index contributed by atoms with van der Waals surface area (Å²) >= 11 is 0. The summed E-state index contributed by atoms with van der Waals surface area (Å²) in [6, 6.07) is 71.9. The SMILES string of the molecule is Cc1cccc(-c2c3ccccc3c(-c3cccc(C)c3)c3cc4c(cc23)c(-c2ccccc2)c(-c2cccc(-c3ccccc3)c2)c2ccccc24)c1. The average molecular weight is 687 g/mol. The van der Waals surface area contributed by atoms with E-state index in [0.717, 1.165) is 0 Å². The maximum Gasteiger partial charge on any atom is -0.00201 e. The molecule has 0 amide bonds. The summed E-state index contributed by atoms with van der Waals surface area (Å²) in [5, 5.41) is 10.1. The molecule has 0 aliphatic heterocycles. The molecule has 0 atom stereocenters. The van der Waals surface area contributed by atoms with Gasteiger partial charge in [0.05, 0.1) is 0 Å². The number of hydrogen-bond donors (Lipinski definition) is 0. The van der Waals surface area contributed by atoms with E-state index in [1.54, 1.807) is 0 Å². The second kappa shape index (κ2) is 13.0. The second-order valence-electron chi connectivity index (χ2n) is 14.6. The molecule has 0 spiro atoms. The molecule has 10 rings (SSSR count). The Balaban J connectivity index is 1.43. The minimum atomic E-state index is 1.21. The molecule has 0 saturated carbocycles. The summed E-state index contributed by atoms with van der Waals surface area (Å²) < 4.78 is 0. The lowest BCUT2D eigenvalue weighted by atomic mass is 9.80. The quantitative estimate of drug-likeness (QED) is 0.125. The number of hydrogen-bond acceptors (Lipinski definition) is 0. The molecular weight excluding hydrogens is 649 g/mol. The fraction of sp³-hybridized carbons (Fsp3) is 0.0370. The van der Waals surface area contributed by atoms with Crippen LogP contribution in [0.2, 0.25) is 0 Å². The van der Waals surface area contributed by atoms with Crippen LogP contribution in [0.3, 0.4) is 0 Å². The Bertz CT molecular complexity index is 3040. The van der Waals surface area contributed by atoms with E-state index in [1.807, 2.05) is 0 Å². The molecule has 0 bridgehead atoms. The number of fused-ring (bicyclic) bond motifs is 5. The van der Waals surface area contributed by atoms with E-state index < -0.39 is 0 Å². The van der Waals surface area contributed by atoms with Crippen molar-refractivity contribution in [3.63, 3.8) is 0 Å². The van der Waals surface area contributed by atoms with Gasteiger partial charge in [-0.15, -0.1) is 0 Å². The topological polar surface area (TPSA) is 0 Å². The van der Waals surface area contributed by atoms with E-state index in [1.165, 1.54) is 110 Å². The van der Waals surface area contributed by atoms with E-state index in [-0.39, 0.29) is 0 Å². The third-order valence-electron chi connectivity index (χ3n) is 11.1. The summed E-state index contributed by atoms with van der Waals surface area (Å²) in [6.07, 6.45) is 0. The van der Waals surface area contributed by atoms with Crippen LogP contribution >= 0.6 is 0 Å². The lowest BCUT2D eigenvalue weighted by Gasteiger charge is -2.22. The molecule has 0 aliphatic carbocycles. The van der Waals surface area contributed by atoms with Crippen molar-refractivity contribution >= 4 is 43.1 Å². The standard InChI is InChI=1S/C54H38/c1-35-16-13-23-40(30-35)51-45-28-11-12-29-46(45)52(41-24-14-17-36(2)31-41)50-34-48-47(33-49(50)51)43-26-9-10-27-44(43)54(53(48)38-20-7-4-8-21-38)42-25-15-22-39(32-42)37-18-5-3-6-19-37/h3-34H,1-2H3. The summed E-state index contributed by atoms with van der Waals surface area (Å²) in [7, 11) is 0. The van der Waals surface area contributed by atoms with Crippen molar-refractivity contribution in [2.45, 2.75) is 13.8 Å². The molecule has 0 N–H and O–H groups in total. The van der Waals surface area contributed by atoms with Gasteiger partial charge in [0.2, 0.25) is 0 Å². The fourth-order valence-corrected chi connectivity index (χ4v) is 8.77. The van der Waals surface area contributed by atoms with Crippen LogP contribution in [0.1, 0.15) is 11.1 Å². The van der Waals surface area contributed by atoms with Gasteiger partial charge in [-0.1, -0.05) is 187 Å². The van der Waals surface area contributed by atoms with Gasteiger partial charge < -0.3 is 0 Å². The molecule has 0 saturated heterocycles. The lowest BCUT2D eigenvalue weighted by Crippen LogP contribution is -1.95. The first-order valence-electron chi connectivity index (χ1n) is 18.8. The Hall–Kier alpha value is -6.76. The van der Waals surface area contributed by atoms with Crippen LogP contribution in [0.15, 0.2) is 194 Å². The van der Waals surface area contributed by atoms with Gasteiger partial charge in [-0.2, -0.15) is 0 Å². The van der Waals surface area contributed by atoms with Crippen LogP contribution in [0.25, 0.3) is 98.7 Å². The maximum absolute atomic E-state index is 2.52. The van der Waals surface area contributed by atoms with Gasteiger partial charge in [0.1, 0.15) is 0 Å². The smallest absolute Gasteiger partial charge is 0.00201 e. The third-order valence-corrected chi connectivity index (χ3v) is 11.1. The molecule has 0 nitrogen and oxygen atoms in total. The minimum Gasteiger partial charge on any atom is -0.0622 e. The van der Waals surface area contributed by atoms with E-state index in [0.29, 0.717) is 0 Å². The highest BCUT2D eigenvalue weighted by Gasteiger charge is 2.22. The Kier molecular flexibility index (Phi) is 7.70. The predicted molar refractivity (Wildman–Crippen MR) is 233 cm³/mol. The normalized spacial score (nSPS) is 11.5. The zero-order valence-corrected chi connectivity index (χ0v) is 30.5. The van der Waals surface area contributed by atoms with Crippen molar-refractivity contribution < 1.29 is 0 Å². The number of benzene rings is 10. The first-order chi connectivity index (χ1) is 26.6. The molecule has 254 valence electrons. The first kappa shape index (κ1) is 31.9. The monoisotopic (exact) mass is 686 g/mol. The van der Waals surface area contributed by atoms with Crippen molar-refractivity contribution in [1.82, 2.24) is 0 Å². The molecule has 0 unspecified atom stereocenters. The van der Waals surface area contributed by atoms with Crippen LogP contribution in [-0.4, -0.2) is 0 Å². The number of rotatable bonds is 5. The van der Waals surface area contributed by atoms with E-state index >= 15 is 0 Å². The molecule has 10 aromatic rings. The summed E-state index contributed by atoms with van der Waals surface area (Å²) in [5.74, 6) is 0. The van der Waals surface area contributed by atoms with Crippen LogP contribution in [0, 0.1) is 13.8 Å². The van der Waals surface area contributed by atoms with Crippen LogP contribution in [0.4, 0.5) is 0 Å². The van der Waals surface area contributed by atoms with Crippen molar-refractivity contribution in [3.05, 3.63) is 205 Å². The molecule has 0 heterocycles. The van der Waals surface area contributed by atoms with E-state index in [9.17, 15) is 0 Å². The van der Waals surface area contributed by atoms with Crippen molar-refractivity contribution in [1.29, 1.82) is 0 Å². The van der Waals surface area contributed by atoms with Gasteiger partial charge in [-0.25, -0.2) is 0 Å². The van der Waals surface area contributed by atoms with Gasteiger partial charge in [-0.3, -0.25) is 0 Å². The summed E-state index contributed by atoms with van der Waals surface area (Å²) in [4.78, 5) is 0. The largest absolute Gasteiger partial charge is 0.0622 e. The first-order valence-corrected chi connectivity index (χ1v) is 18.8. The molecule has 0 heteroatoms. The molecule has 0 radical (unpaired) electrons. The number of aryl methyl sites for hydroxylation is 2. The molecule has 0 aromatic heterocycles. The minimum absolute atomic E-state index is 1.21. The highest BCUT2D eigenvalue weighted by molar-refractivity contribution is 6.29. The Morgan fingerprint density at radius 1 is 0.204 bits per heavy atom. The zero-order chi connectivity index (χ0) is 36.2. The van der Waals surface area contributed by atoms with Crippen molar-refractivity contribution in [2.75, 3.05) is 0 Å². The van der Waals surface area contributed by atoms with Gasteiger partial charge >= 0.3 is 0 Å². The van der Waals surface area contributed by atoms with Gasteiger partial charge in [0, 0.05) is 0 Å². The van der Waals surface area contributed by atoms with E-state index in [2.05, 4.69) is 208 Å². The van der Waals surface area contributed by atoms with Crippen LogP contribution in [-0.2, 0) is 0 Å². The lowest BCUT2D eigenvalue weighted by molar-refractivity contribution is 1.47. The fourth-order valence-electron chi connectivity index (χ4n) is 8.77. The molecule has 0 aliphatic rings. The summed E-state index contributed by atoms with van der Waals surface area (Å²) in [6.45, 7) is 4.39. The van der Waals surface area contributed by atoms with E-state index in [4.69, 9.17) is 0 Å². The third kappa shape index (κ3) is 5.30.